The molecule has 0 bridgehead atoms. The molecule has 1 fully saturated rings. The van der Waals surface area contributed by atoms with Crippen LogP contribution >= 0.6 is 0 Å². The van der Waals surface area contributed by atoms with Crippen LogP contribution in [0, 0.1) is 5.92 Å². The maximum Gasteiger partial charge on any atom is 0.114 e. The van der Waals surface area contributed by atoms with E-state index in [2.05, 4.69) is 42.0 Å². The highest BCUT2D eigenvalue weighted by atomic mass is 16.7. The molecule has 0 aromatic rings. The molecule has 24 heteroatoms. The van der Waals surface area contributed by atoms with Crippen LogP contribution in [0.1, 0.15) is 206 Å². The molecule has 642 valence electrons. The minimum atomic E-state index is 0.399. The van der Waals surface area contributed by atoms with Gasteiger partial charge in [-0.05, 0) is 12.8 Å². The molecule has 2 atom stereocenters. The highest BCUT2D eigenvalue weighted by Crippen LogP contribution is 2.27. The van der Waals surface area contributed by atoms with E-state index in [4.69, 9.17) is 104 Å². The zero-order chi connectivity index (χ0) is 76.7. The van der Waals surface area contributed by atoms with Crippen LogP contribution in [-0.4, -0.2) is 341 Å². The van der Waals surface area contributed by atoms with Gasteiger partial charge < -0.3 is 104 Å². The summed E-state index contributed by atoms with van der Waals surface area (Å²) in [4.78, 5) is 6.50. The van der Waals surface area contributed by atoms with E-state index in [1.807, 2.05) is 0 Å². The smallest absolute Gasteiger partial charge is 0.114 e. The van der Waals surface area contributed by atoms with Crippen molar-refractivity contribution in [3.63, 3.8) is 0 Å². The lowest BCUT2D eigenvalue weighted by molar-refractivity contribution is -1.08. The summed E-state index contributed by atoms with van der Waals surface area (Å²) < 4.78 is 119. The predicted molar refractivity (Wildman–Crippen MR) is 424 cm³/mol. The summed E-state index contributed by atoms with van der Waals surface area (Å²) in [7, 11) is 8.95. The molecular weight excluding hydrogens is 1380 g/mol. The zero-order valence-electron chi connectivity index (χ0n) is 70.1. The molecule has 0 radical (unpaired) electrons. The van der Waals surface area contributed by atoms with Crippen LogP contribution in [0.2, 0.25) is 0 Å². The van der Waals surface area contributed by atoms with E-state index in [0.29, 0.717) is 274 Å². The van der Waals surface area contributed by atoms with Crippen molar-refractivity contribution < 1.29 is 113 Å². The molecule has 24 nitrogen and oxygen atoms in total. The molecule has 1 aliphatic heterocycles. The van der Waals surface area contributed by atoms with Gasteiger partial charge in [-0.25, -0.2) is 4.84 Å². The Hall–Kier alpha value is -0.960. The van der Waals surface area contributed by atoms with Crippen LogP contribution in [0.15, 0.2) is 0 Å². The molecular formula is C83H170N2O22+2. The molecule has 0 spiro atoms. The molecule has 0 aromatic carbocycles. The van der Waals surface area contributed by atoms with Gasteiger partial charge >= 0.3 is 0 Å². The van der Waals surface area contributed by atoms with Gasteiger partial charge in [0.1, 0.15) is 19.7 Å². The third kappa shape index (κ3) is 87.3. The average Bonchev–Trinajstić information content (AvgIpc) is 1.73. The van der Waals surface area contributed by atoms with E-state index < -0.39 is 0 Å². The van der Waals surface area contributed by atoms with Gasteiger partial charge in [-0.3, -0.25) is 0 Å². The maximum atomic E-state index is 6.50. The number of likely N-dealkylation sites (N-methyl/N-ethyl adjacent to an activating group) is 1. The van der Waals surface area contributed by atoms with Gasteiger partial charge in [0.2, 0.25) is 0 Å². The Morgan fingerprint density at radius 2 is 0.421 bits per heavy atom. The highest BCUT2D eigenvalue weighted by Gasteiger charge is 2.34. The Balaban J connectivity index is 1.67. The van der Waals surface area contributed by atoms with Gasteiger partial charge in [0, 0.05) is 18.9 Å². The first kappa shape index (κ1) is 104. The highest BCUT2D eigenvalue weighted by molar-refractivity contribution is 4.79. The Kier molecular flexibility index (Phi) is 85.0. The fourth-order valence-electron chi connectivity index (χ4n) is 11.6. The summed E-state index contributed by atoms with van der Waals surface area (Å²) in [6.45, 7) is 30.4. The van der Waals surface area contributed by atoms with Crippen LogP contribution in [-0.2, 0) is 104 Å². The third-order valence-corrected chi connectivity index (χ3v) is 18.5. The van der Waals surface area contributed by atoms with Gasteiger partial charge in [-0.1, -0.05) is 187 Å². The average molecular weight is 1550 g/mol. The predicted octanol–water partition coefficient (Wildman–Crippen LogP) is 13.2. The molecule has 1 rings (SSSR count). The van der Waals surface area contributed by atoms with E-state index in [9.17, 15) is 0 Å². The molecule has 0 aromatic heterocycles. The van der Waals surface area contributed by atoms with Crippen molar-refractivity contribution in [1.82, 2.24) is 0 Å². The topological polar surface area (TPSA) is 206 Å². The number of rotatable bonds is 98. The molecule has 0 amide bonds. The van der Waals surface area contributed by atoms with Crippen molar-refractivity contribution in [3.05, 3.63) is 0 Å². The summed E-state index contributed by atoms with van der Waals surface area (Å²) in [5.41, 5.74) is 0. The fourth-order valence-corrected chi connectivity index (χ4v) is 11.6. The lowest BCUT2D eigenvalue weighted by atomic mass is 9.98. The largest absolute Gasteiger partial charge is 0.379 e. The minimum absolute atomic E-state index is 0.399. The molecule has 1 saturated heterocycles. The van der Waals surface area contributed by atoms with E-state index in [1.165, 1.54) is 180 Å². The van der Waals surface area contributed by atoms with Gasteiger partial charge in [0.05, 0.1) is 305 Å². The van der Waals surface area contributed by atoms with Gasteiger partial charge in [0.15, 0.2) is 0 Å². The number of hydroxylamine groups is 3. The fraction of sp³-hybridized carbons (Fsp3) is 1.00. The second-order valence-electron chi connectivity index (χ2n) is 29.2. The lowest BCUT2D eigenvalue weighted by Crippen LogP contribution is -2.47. The van der Waals surface area contributed by atoms with Crippen LogP contribution in [0.4, 0.5) is 0 Å². The molecule has 0 N–H and O–H groups in total. The number of ether oxygens (including phenoxy) is 21. The summed E-state index contributed by atoms with van der Waals surface area (Å²) in [6.07, 6.45) is 41.4. The van der Waals surface area contributed by atoms with Crippen molar-refractivity contribution in [2.75, 3.05) is 325 Å². The van der Waals surface area contributed by atoms with Crippen molar-refractivity contribution >= 4 is 0 Å². The normalized spacial score (nSPS) is 13.7. The summed E-state index contributed by atoms with van der Waals surface area (Å²) in [5.74, 6) is 0.517. The second-order valence-corrected chi connectivity index (χ2v) is 29.2. The van der Waals surface area contributed by atoms with E-state index in [-0.39, 0.29) is 0 Å². The van der Waals surface area contributed by atoms with Crippen molar-refractivity contribution in [1.29, 1.82) is 0 Å². The molecule has 1 heterocycles. The SMILES string of the molecule is CCCCCCCCCCCCCCCCOCCOCCOCCOCCOCCOCCOCCOCCOCCOCCOCCOCCOCCOCCOCCOCCOCCOCCOCCOCC[N+](C)(C)CCC[N+](C)(C)OCC(CCCCCCCCCCCCCCCC)C1CO1. The number of nitrogens with zero attached hydrogens (tertiary/aromatic N) is 2. The third-order valence-electron chi connectivity index (χ3n) is 18.5. The van der Waals surface area contributed by atoms with Crippen molar-refractivity contribution in [2.24, 2.45) is 5.92 Å². The van der Waals surface area contributed by atoms with Crippen LogP contribution in [0.5, 0.6) is 0 Å². The molecule has 1 aliphatic rings. The van der Waals surface area contributed by atoms with Crippen LogP contribution in [0.25, 0.3) is 0 Å². The van der Waals surface area contributed by atoms with Gasteiger partial charge in [-0.15, -0.1) is 0 Å². The molecule has 2 unspecified atom stereocenters. The zero-order valence-corrected chi connectivity index (χ0v) is 70.1. The Morgan fingerprint density at radius 3 is 0.645 bits per heavy atom. The number of hydrogen-bond donors (Lipinski definition) is 0. The molecule has 0 aliphatic carbocycles. The van der Waals surface area contributed by atoms with Crippen LogP contribution in [0.3, 0.4) is 0 Å². The molecule has 107 heavy (non-hydrogen) atoms. The first-order valence-corrected chi connectivity index (χ1v) is 43.3. The summed E-state index contributed by atoms with van der Waals surface area (Å²) in [5, 5.41) is 0. The minimum Gasteiger partial charge on any atom is -0.379 e. The maximum absolute atomic E-state index is 6.50. The Bertz CT molecular complexity index is 1650. The number of epoxide rings is 1. The van der Waals surface area contributed by atoms with E-state index in [0.717, 1.165) is 56.8 Å². The first-order chi connectivity index (χ1) is 52.8. The second kappa shape index (κ2) is 87.4. The van der Waals surface area contributed by atoms with Crippen molar-refractivity contribution in [2.45, 2.75) is 213 Å². The number of quaternary nitrogens is 2. The quantitative estimate of drug-likeness (QED) is 0.0240. The Labute approximate surface area is 654 Å². The summed E-state index contributed by atoms with van der Waals surface area (Å²) >= 11 is 0. The Morgan fingerprint density at radius 1 is 0.224 bits per heavy atom. The van der Waals surface area contributed by atoms with Gasteiger partial charge in [0.25, 0.3) is 0 Å². The van der Waals surface area contributed by atoms with E-state index >= 15 is 0 Å². The first-order valence-electron chi connectivity index (χ1n) is 43.3. The standard InChI is InChI=1S/C83H170N2O22/c1-7-9-11-13-15-17-19-21-23-25-27-29-31-33-36-82(83-81-106-83)80-107-85(5,6)38-35-37-84(3,4)39-41-87-43-45-89-47-49-91-51-53-93-55-57-95-59-61-97-63-65-99-67-69-101-71-73-103-75-77-105-79-78-104-76-74-102-72-70-100-68-66-98-64-62-96-60-58-94-56-54-92-52-50-90-48-46-88-44-42-86-40-34-32-30-28-26-24-22-20-18-16-14-12-10-8-2/h82-83H,7-81H2,1-6H3/q+2. The van der Waals surface area contributed by atoms with Crippen LogP contribution < -0.4 is 0 Å². The lowest BCUT2D eigenvalue weighted by Gasteiger charge is -2.32. The number of unbranched alkanes of at least 4 members (excludes halogenated alkanes) is 26. The molecule has 0 saturated carbocycles. The monoisotopic (exact) mass is 1550 g/mol. The van der Waals surface area contributed by atoms with E-state index in [1.54, 1.807) is 0 Å². The van der Waals surface area contributed by atoms with Gasteiger partial charge in [-0.2, -0.15) is 4.65 Å². The van der Waals surface area contributed by atoms with Crippen molar-refractivity contribution in [3.8, 4) is 0 Å². The summed E-state index contributed by atoms with van der Waals surface area (Å²) in [6, 6.07) is 0. The number of hydrogen-bond acceptors (Lipinski definition) is 22.